The fourth-order valence-corrected chi connectivity index (χ4v) is 1.45. The number of nitrogens with zero attached hydrogens (tertiary/aromatic N) is 1. The fourth-order valence-electron chi connectivity index (χ4n) is 1.45. The molecule has 0 amide bonds. The molecule has 0 saturated carbocycles. The predicted molar refractivity (Wildman–Crippen MR) is 56.8 cm³/mol. The number of ether oxygens (including phenoxy) is 1. The molecule has 1 heterocycles. The predicted octanol–water partition coefficient (Wildman–Crippen LogP) is -0.0189. The smallest absolute Gasteiger partial charge is 0.206 e. The van der Waals surface area contributed by atoms with Crippen molar-refractivity contribution in [2.24, 2.45) is 10.8 Å². The van der Waals surface area contributed by atoms with Gasteiger partial charge in [-0.25, -0.2) is 10.8 Å². The molecule has 0 aromatic heterocycles. The Morgan fingerprint density at radius 3 is 2.71 bits per heavy atom. The molecular weight excluding hydrogens is 180 g/mol. The van der Waals surface area contributed by atoms with E-state index in [2.05, 4.69) is 15.7 Å². The molecule has 1 saturated heterocycles. The van der Waals surface area contributed by atoms with Gasteiger partial charge < -0.3 is 10.1 Å². The van der Waals surface area contributed by atoms with Crippen LogP contribution in [-0.4, -0.2) is 30.8 Å². The van der Waals surface area contributed by atoms with Gasteiger partial charge in [-0.3, -0.25) is 5.43 Å². The number of aliphatic imine (C=N–C) groups is 1. The Kier molecular flexibility index (Phi) is 4.16. The van der Waals surface area contributed by atoms with Crippen LogP contribution < -0.4 is 16.6 Å². The van der Waals surface area contributed by atoms with Crippen LogP contribution in [0.4, 0.5) is 0 Å². The Morgan fingerprint density at radius 1 is 1.57 bits per heavy atom. The number of hydrazine groups is 1. The van der Waals surface area contributed by atoms with Crippen molar-refractivity contribution in [2.75, 3.05) is 6.61 Å². The third-order valence-electron chi connectivity index (χ3n) is 2.19. The number of rotatable bonds is 2. The van der Waals surface area contributed by atoms with E-state index in [9.17, 15) is 0 Å². The molecule has 5 nitrogen and oxygen atoms in total. The molecular formula is C9H20N4O. The average Bonchev–Trinajstić information content (AvgIpc) is 2.50. The summed E-state index contributed by atoms with van der Waals surface area (Å²) in [5.41, 5.74) is 2.56. The standard InChI is InChI=1S/C9H20N4O/c1-6(2)11-9(13-10)12-8-4-5-14-7(8)3/h6-8H,4-5,10H2,1-3H3,(H2,11,12,13). The molecule has 1 rings (SSSR count). The van der Waals surface area contributed by atoms with E-state index in [0.29, 0.717) is 12.0 Å². The fraction of sp³-hybridized carbons (Fsp3) is 0.889. The van der Waals surface area contributed by atoms with Crippen LogP contribution in [0.3, 0.4) is 0 Å². The molecule has 0 radical (unpaired) electrons. The SMILES string of the molecule is CC(C)NC(=NC1CCOC1C)NN. The zero-order chi connectivity index (χ0) is 10.6. The van der Waals surface area contributed by atoms with Crippen LogP contribution in [0.5, 0.6) is 0 Å². The van der Waals surface area contributed by atoms with Gasteiger partial charge >= 0.3 is 0 Å². The molecule has 0 bridgehead atoms. The first-order valence-corrected chi connectivity index (χ1v) is 5.06. The second-order valence-electron chi connectivity index (χ2n) is 3.85. The lowest BCUT2D eigenvalue weighted by Gasteiger charge is -2.15. The Hall–Kier alpha value is -0.810. The van der Waals surface area contributed by atoms with E-state index in [1.165, 1.54) is 0 Å². The van der Waals surface area contributed by atoms with Crippen LogP contribution in [0, 0.1) is 0 Å². The van der Waals surface area contributed by atoms with Crippen molar-refractivity contribution in [3.05, 3.63) is 0 Å². The summed E-state index contributed by atoms with van der Waals surface area (Å²) < 4.78 is 5.41. The maximum absolute atomic E-state index is 5.41. The van der Waals surface area contributed by atoms with E-state index in [4.69, 9.17) is 10.6 Å². The summed E-state index contributed by atoms with van der Waals surface area (Å²) in [6, 6.07) is 0.537. The van der Waals surface area contributed by atoms with Gasteiger partial charge in [0.2, 0.25) is 5.96 Å². The highest BCUT2D eigenvalue weighted by Crippen LogP contribution is 2.15. The summed E-state index contributed by atoms with van der Waals surface area (Å²) in [7, 11) is 0. The molecule has 5 heteroatoms. The van der Waals surface area contributed by atoms with Crippen molar-refractivity contribution in [3.63, 3.8) is 0 Å². The highest BCUT2D eigenvalue weighted by Gasteiger charge is 2.23. The van der Waals surface area contributed by atoms with Gasteiger partial charge in [0.1, 0.15) is 0 Å². The molecule has 1 aliphatic rings. The van der Waals surface area contributed by atoms with Gasteiger partial charge in [-0.2, -0.15) is 0 Å². The highest BCUT2D eigenvalue weighted by molar-refractivity contribution is 5.79. The van der Waals surface area contributed by atoms with Crippen molar-refractivity contribution in [1.29, 1.82) is 0 Å². The minimum Gasteiger partial charge on any atom is -0.376 e. The normalized spacial score (nSPS) is 28.2. The maximum atomic E-state index is 5.41. The Labute approximate surface area is 85.1 Å². The van der Waals surface area contributed by atoms with E-state index in [0.717, 1.165) is 13.0 Å². The lowest BCUT2D eigenvalue weighted by Crippen LogP contribution is -2.45. The van der Waals surface area contributed by atoms with Crippen molar-refractivity contribution >= 4 is 5.96 Å². The topological polar surface area (TPSA) is 71.7 Å². The number of hydrogen-bond donors (Lipinski definition) is 3. The second-order valence-corrected chi connectivity index (χ2v) is 3.85. The third kappa shape index (κ3) is 3.16. The molecule has 0 spiro atoms. The first-order chi connectivity index (χ1) is 6.63. The lowest BCUT2D eigenvalue weighted by molar-refractivity contribution is 0.119. The zero-order valence-electron chi connectivity index (χ0n) is 9.08. The monoisotopic (exact) mass is 200 g/mol. The van der Waals surface area contributed by atoms with E-state index in [-0.39, 0.29) is 12.1 Å². The van der Waals surface area contributed by atoms with Crippen LogP contribution in [0.2, 0.25) is 0 Å². The Morgan fingerprint density at radius 2 is 2.29 bits per heavy atom. The van der Waals surface area contributed by atoms with Crippen molar-refractivity contribution in [2.45, 2.75) is 45.4 Å². The lowest BCUT2D eigenvalue weighted by atomic mass is 10.2. The van der Waals surface area contributed by atoms with Gasteiger partial charge in [0.05, 0.1) is 12.1 Å². The largest absolute Gasteiger partial charge is 0.376 e. The molecule has 82 valence electrons. The highest BCUT2D eigenvalue weighted by atomic mass is 16.5. The first-order valence-electron chi connectivity index (χ1n) is 5.06. The Bertz CT molecular complexity index is 205. The van der Waals surface area contributed by atoms with Gasteiger partial charge in [0.25, 0.3) is 0 Å². The molecule has 1 fully saturated rings. The van der Waals surface area contributed by atoms with Gasteiger partial charge in [-0.1, -0.05) is 0 Å². The number of nitrogens with two attached hydrogens (primary N) is 1. The number of guanidine groups is 1. The molecule has 2 atom stereocenters. The van der Waals surface area contributed by atoms with Gasteiger partial charge in [0.15, 0.2) is 0 Å². The summed E-state index contributed by atoms with van der Waals surface area (Å²) in [6.07, 6.45) is 1.15. The van der Waals surface area contributed by atoms with E-state index < -0.39 is 0 Å². The van der Waals surface area contributed by atoms with E-state index in [1.807, 2.05) is 20.8 Å². The Balaban J connectivity index is 2.53. The zero-order valence-corrected chi connectivity index (χ0v) is 9.08. The van der Waals surface area contributed by atoms with Crippen molar-refractivity contribution < 1.29 is 4.74 Å². The summed E-state index contributed by atoms with van der Waals surface area (Å²) in [5.74, 6) is 6.00. The van der Waals surface area contributed by atoms with Crippen LogP contribution in [0.15, 0.2) is 4.99 Å². The summed E-state index contributed by atoms with van der Waals surface area (Å²) >= 11 is 0. The van der Waals surface area contributed by atoms with Gasteiger partial charge in [-0.15, -0.1) is 0 Å². The molecule has 2 unspecified atom stereocenters. The molecule has 0 aromatic carbocycles. The first kappa shape index (κ1) is 11.3. The molecule has 0 aromatic rings. The quantitative estimate of drug-likeness (QED) is 0.253. The van der Waals surface area contributed by atoms with Crippen LogP contribution in [-0.2, 0) is 4.74 Å². The van der Waals surface area contributed by atoms with Crippen LogP contribution >= 0.6 is 0 Å². The minimum atomic E-state index is 0.187. The summed E-state index contributed by atoms with van der Waals surface area (Å²) in [4.78, 5) is 4.46. The third-order valence-corrected chi connectivity index (χ3v) is 2.19. The molecule has 14 heavy (non-hydrogen) atoms. The van der Waals surface area contributed by atoms with E-state index in [1.54, 1.807) is 0 Å². The number of hydrogen-bond acceptors (Lipinski definition) is 3. The number of nitrogens with one attached hydrogen (secondary N) is 2. The second kappa shape index (κ2) is 5.17. The minimum absolute atomic E-state index is 0.187. The van der Waals surface area contributed by atoms with Gasteiger partial charge in [0, 0.05) is 12.6 Å². The van der Waals surface area contributed by atoms with Crippen LogP contribution in [0.25, 0.3) is 0 Å². The van der Waals surface area contributed by atoms with E-state index >= 15 is 0 Å². The van der Waals surface area contributed by atoms with Crippen molar-refractivity contribution in [1.82, 2.24) is 10.7 Å². The summed E-state index contributed by atoms with van der Waals surface area (Å²) in [5, 5.41) is 3.14. The average molecular weight is 200 g/mol. The van der Waals surface area contributed by atoms with Gasteiger partial charge in [-0.05, 0) is 27.2 Å². The molecule has 4 N–H and O–H groups in total. The molecule has 1 aliphatic heterocycles. The summed E-state index contributed by atoms with van der Waals surface area (Å²) in [6.45, 7) is 6.91. The van der Waals surface area contributed by atoms with Crippen LogP contribution in [0.1, 0.15) is 27.2 Å². The molecule has 0 aliphatic carbocycles. The van der Waals surface area contributed by atoms with Crippen molar-refractivity contribution in [3.8, 4) is 0 Å². The maximum Gasteiger partial charge on any atom is 0.206 e.